The first kappa shape index (κ1) is 13.9. The van der Waals surface area contributed by atoms with Crippen LogP contribution < -0.4 is 0 Å². The zero-order valence-electron chi connectivity index (χ0n) is 10.4. The Morgan fingerprint density at radius 1 is 0.857 bits per heavy atom. The van der Waals surface area contributed by atoms with Crippen molar-refractivity contribution in [1.29, 1.82) is 0 Å². The average molecular weight is 202 g/mol. The van der Waals surface area contributed by atoms with Crippen molar-refractivity contribution < 1.29 is 9.47 Å². The first-order chi connectivity index (χ1) is 6.59. The molecule has 2 nitrogen and oxygen atoms in total. The predicted octanol–water partition coefficient (Wildman–Crippen LogP) is 3.11. The summed E-state index contributed by atoms with van der Waals surface area (Å²) in [5.74, 6) is 1.22. The van der Waals surface area contributed by atoms with E-state index in [1.165, 1.54) is 0 Å². The van der Waals surface area contributed by atoms with Crippen molar-refractivity contribution in [2.24, 2.45) is 11.8 Å². The van der Waals surface area contributed by atoms with Crippen LogP contribution in [0, 0.1) is 11.8 Å². The van der Waals surface area contributed by atoms with Crippen LogP contribution >= 0.6 is 0 Å². The highest BCUT2D eigenvalue weighted by Gasteiger charge is 2.17. The molecule has 0 aromatic carbocycles. The molecule has 0 unspecified atom stereocenters. The lowest BCUT2D eigenvalue weighted by molar-refractivity contribution is -0.0110. The van der Waals surface area contributed by atoms with Gasteiger partial charge in [-0.15, -0.1) is 0 Å². The summed E-state index contributed by atoms with van der Waals surface area (Å²) in [7, 11) is 1.74. The number of ether oxygens (including phenoxy) is 2. The Labute approximate surface area is 89.0 Å². The summed E-state index contributed by atoms with van der Waals surface area (Å²) in [6.07, 6.45) is 2.60. The maximum absolute atomic E-state index is 5.86. The molecule has 0 heterocycles. The molecular formula is C12H26O2. The molecule has 86 valence electrons. The van der Waals surface area contributed by atoms with Gasteiger partial charge in [-0.3, -0.25) is 0 Å². The predicted molar refractivity (Wildman–Crippen MR) is 60.5 cm³/mol. The first-order valence-corrected chi connectivity index (χ1v) is 5.70. The van der Waals surface area contributed by atoms with E-state index in [1.807, 2.05) is 0 Å². The monoisotopic (exact) mass is 202 g/mol. The number of hydrogen-bond donors (Lipinski definition) is 0. The number of hydrogen-bond acceptors (Lipinski definition) is 2. The SMILES string of the molecule is COCCCCOC(C(C)C)C(C)C. The molecule has 0 aliphatic carbocycles. The fourth-order valence-electron chi connectivity index (χ4n) is 1.72. The fraction of sp³-hybridized carbons (Fsp3) is 1.00. The Bertz CT molecular complexity index is 113. The highest BCUT2D eigenvalue weighted by Crippen LogP contribution is 2.16. The lowest BCUT2D eigenvalue weighted by Gasteiger charge is -2.25. The molecule has 0 N–H and O–H groups in total. The van der Waals surface area contributed by atoms with Crippen LogP contribution in [-0.4, -0.2) is 26.4 Å². The van der Waals surface area contributed by atoms with Crippen molar-refractivity contribution in [2.45, 2.75) is 46.6 Å². The van der Waals surface area contributed by atoms with Gasteiger partial charge >= 0.3 is 0 Å². The van der Waals surface area contributed by atoms with Crippen molar-refractivity contribution in [3.8, 4) is 0 Å². The largest absolute Gasteiger partial charge is 0.385 e. The second-order valence-electron chi connectivity index (χ2n) is 4.52. The van der Waals surface area contributed by atoms with E-state index in [0.29, 0.717) is 17.9 Å². The maximum Gasteiger partial charge on any atom is 0.0620 e. The number of unbranched alkanes of at least 4 members (excludes halogenated alkanes) is 1. The Morgan fingerprint density at radius 2 is 1.36 bits per heavy atom. The summed E-state index contributed by atoms with van der Waals surface area (Å²) in [4.78, 5) is 0. The Morgan fingerprint density at radius 3 is 1.79 bits per heavy atom. The van der Waals surface area contributed by atoms with Crippen LogP contribution in [0.1, 0.15) is 40.5 Å². The molecule has 14 heavy (non-hydrogen) atoms. The Hall–Kier alpha value is -0.0800. The van der Waals surface area contributed by atoms with Gasteiger partial charge in [-0.25, -0.2) is 0 Å². The molecule has 0 rings (SSSR count). The molecule has 0 atom stereocenters. The molecule has 0 saturated carbocycles. The maximum atomic E-state index is 5.86. The van der Waals surface area contributed by atoms with E-state index in [4.69, 9.17) is 9.47 Å². The second kappa shape index (κ2) is 8.25. The van der Waals surface area contributed by atoms with Crippen molar-refractivity contribution in [3.63, 3.8) is 0 Å². The van der Waals surface area contributed by atoms with Gasteiger partial charge in [0, 0.05) is 20.3 Å². The molecule has 0 aliphatic rings. The number of methoxy groups -OCH3 is 1. The lowest BCUT2D eigenvalue weighted by atomic mass is 9.96. The molecule has 0 bridgehead atoms. The average Bonchev–Trinajstić information content (AvgIpc) is 2.09. The van der Waals surface area contributed by atoms with Crippen molar-refractivity contribution in [1.82, 2.24) is 0 Å². The quantitative estimate of drug-likeness (QED) is 0.563. The number of rotatable bonds is 8. The zero-order valence-corrected chi connectivity index (χ0v) is 10.4. The van der Waals surface area contributed by atoms with Crippen molar-refractivity contribution in [3.05, 3.63) is 0 Å². The Kier molecular flexibility index (Phi) is 8.20. The van der Waals surface area contributed by atoms with Gasteiger partial charge < -0.3 is 9.47 Å². The third-order valence-corrected chi connectivity index (χ3v) is 2.37. The van der Waals surface area contributed by atoms with E-state index in [9.17, 15) is 0 Å². The normalized spacial score (nSPS) is 12.0. The minimum atomic E-state index is 0.401. The summed E-state index contributed by atoms with van der Waals surface area (Å²) in [6, 6.07) is 0. The fourth-order valence-corrected chi connectivity index (χ4v) is 1.72. The van der Waals surface area contributed by atoms with Crippen LogP contribution in [0.15, 0.2) is 0 Å². The van der Waals surface area contributed by atoms with Crippen LogP contribution in [0.25, 0.3) is 0 Å². The summed E-state index contributed by atoms with van der Waals surface area (Å²) in [6.45, 7) is 10.6. The van der Waals surface area contributed by atoms with E-state index < -0.39 is 0 Å². The molecule has 0 spiro atoms. The Balaban J connectivity index is 3.52. The van der Waals surface area contributed by atoms with Gasteiger partial charge in [-0.2, -0.15) is 0 Å². The van der Waals surface area contributed by atoms with E-state index in [0.717, 1.165) is 26.1 Å². The van der Waals surface area contributed by atoms with Gasteiger partial charge in [0.05, 0.1) is 6.10 Å². The minimum Gasteiger partial charge on any atom is -0.385 e. The molecule has 0 saturated heterocycles. The van der Waals surface area contributed by atoms with Crippen molar-refractivity contribution >= 4 is 0 Å². The van der Waals surface area contributed by atoms with Gasteiger partial charge in [0.2, 0.25) is 0 Å². The summed E-state index contributed by atoms with van der Waals surface area (Å²) in [5, 5.41) is 0. The third kappa shape index (κ3) is 6.39. The molecular weight excluding hydrogens is 176 g/mol. The first-order valence-electron chi connectivity index (χ1n) is 5.70. The van der Waals surface area contributed by atoms with Crippen molar-refractivity contribution in [2.75, 3.05) is 20.3 Å². The molecule has 0 aromatic rings. The smallest absolute Gasteiger partial charge is 0.0620 e. The van der Waals surface area contributed by atoms with Crippen LogP contribution in [0.4, 0.5) is 0 Å². The second-order valence-corrected chi connectivity index (χ2v) is 4.52. The molecule has 2 heteroatoms. The summed E-state index contributed by atoms with van der Waals surface area (Å²) in [5.41, 5.74) is 0. The molecule has 0 aromatic heterocycles. The summed E-state index contributed by atoms with van der Waals surface area (Å²) < 4.78 is 10.8. The van der Waals surface area contributed by atoms with Crippen LogP contribution in [-0.2, 0) is 9.47 Å². The van der Waals surface area contributed by atoms with E-state index in [-0.39, 0.29) is 0 Å². The molecule has 0 amide bonds. The van der Waals surface area contributed by atoms with Gasteiger partial charge in [0.15, 0.2) is 0 Å². The standard InChI is InChI=1S/C12H26O2/c1-10(2)12(11(3)4)14-9-7-6-8-13-5/h10-12H,6-9H2,1-5H3. The van der Waals surface area contributed by atoms with Crippen LogP contribution in [0.2, 0.25) is 0 Å². The van der Waals surface area contributed by atoms with Crippen LogP contribution in [0.5, 0.6) is 0 Å². The zero-order chi connectivity index (χ0) is 11.0. The highest BCUT2D eigenvalue weighted by molar-refractivity contribution is 4.66. The highest BCUT2D eigenvalue weighted by atomic mass is 16.5. The van der Waals surface area contributed by atoms with Crippen LogP contribution in [0.3, 0.4) is 0 Å². The van der Waals surface area contributed by atoms with Gasteiger partial charge in [-0.05, 0) is 24.7 Å². The lowest BCUT2D eigenvalue weighted by Crippen LogP contribution is -2.26. The summed E-state index contributed by atoms with van der Waals surface area (Å²) >= 11 is 0. The van der Waals surface area contributed by atoms with Gasteiger partial charge in [0.1, 0.15) is 0 Å². The molecule has 0 radical (unpaired) electrons. The van der Waals surface area contributed by atoms with Gasteiger partial charge in [-0.1, -0.05) is 27.7 Å². The van der Waals surface area contributed by atoms with E-state index >= 15 is 0 Å². The molecule has 0 fully saturated rings. The van der Waals surface area contributed by atoms with E-state index in [2.05, 4.69) is 27.7 Å². The van der Waals surface area contributed by atoms with E-state index in [1.54, 1.807) is 7.11 Å². The topological polar surface area (TPSA) is 18.5 Å². The third-order valence-electron chi connectivity index (χ3n) is 2.37. The minimum absolute atomic E-state index is 0.401. The molecule has 0 aliphatic heterocycles. The van der Waals surface area contributed by atoms with Gasteiger partial charge in [0.25, 0.3) is 0 Å².